The molecule has 0 spiro atoms. The maximum atomic E-state index is 13.1. The molecule has 19 heavy (non-hydrogen) atoms. The molecule has 1 unspecified atom stereocenters. The Balaban J connectivity index is 1.51. The number of benzene rings is 1. The maximum absolute atomic E-state index is 13.1. The molecule has 0 bridgehead atoms. The van der Waals surface area contributed by atoms with Crippen LogP contribution in [0.15, 0.2) is 24.3 Å². The smallest absolute Gasteiger partial charge is 0.237 e. The SMILES string of the molecule is O=C1NCCCC1NC1CC(c2cccc(F)c2)C1. The second-order valence-electron chi connectivity index (χ2n) is 5.57. The van der Waals surface area contributed by atoms with Crippen LogP contribution in [-0.2, 0) is 4.79 Å². The van der Waals surface area contributed by atoms with Gasteiger partial charge in [-0.25, -0.2) is 4.39 Å². The lowest BCUT2D eigenvalue weighted by Crippen LogP contribution is -2.54. The summed E-state index contributed by atoms with van der Waals surface area (Å²) in [5.74, 6) is 0.390. The van der Waals surface area contributed by atoms with E-state index >= 15 is 0 Å². The molecule has 0 radical (unpaired) electrons. The van der Waals surface area contributed by atoms with E-state index in [9.17, 15) is 9.18 Å². The lowest BCUT2D eigenvalue weighted by molar-refractivity contribution is -0.124. The first kappa shape index (κ1) is 12.6. The van der Waals surface area contributed by atoms with Crippen LogP contribution in [0.2, 0.25) is 0 Å². The Morgan fingerprint density at radius 3 is 2.89 bits per heavy atom. The highest BCUT2D eigenvalue weighted by Crippen LogP contribution is 2.37. The molecule has 3 nitrogen and oxygen atoms in total. The standard InChI is InChI=1S/C15H19FN2O/c16-12-4-1-3-10(7-12)11-8-13(9-11)18-14-5-2-6-17-15(14)19/h1,3-4,7,11,13-14,18H,2,5-6,8-9H2,(H,17,19). The molecular formula is C15H19FN2O. The van der Waals surface area contributed by atoms with Gasteiger partial charge in [0.1, 0.15) is 5.82 Å². The van der Waals surface area contributed by atoms with Crippen LogP contribution in [0.25, 0.3) is 0 Å². The molecule has 1 aliphatic heterocycles. The summed E-state index contributed by atoms with van der Waals surface area (Å²) in [5.41, 5.74) is 1.08. The molecule has 2 fully saturated rings. The van der Waals surface area contributed by atoms with E-state index in [0.717, 1.165) is 37.8 Å². The van der Waals surface area contributed by atoms with E-state index in [1.807, 2.05) is 6.07 Å². The van der Waals surface area contributed by atoms with E-state index in [1.165, 1.54) is 6.07 Å². The average Bonchev–Trinajstić information content (AvgIpc) is 2.35. The van der Waals surface area contributed by atoms with Crippen LogP contribution < -0.4 is 10.6 Å². The highest BCUT2D eigenvalue weighted by Gasteiger charge is 2.34. The monoisotopic (exact) mass is 262 g/mol. The number of nitrogens with one attached hydrogen (secondary N) is 2. The summed E-state index contributed by atoms with van der Waals surface area (Å²) >= 11 is 0. The van der Waals surface area contributed by atoms with E-state index < -0.39 is 0 Å². The van der Waals surface area contributed by atoms with Crippen LogP contribution in [0, 0.1) is 5.82 Å². The van der Waals surface area contributed by atoms with Crippen molar-refractivity contribution in [1.82, 2.24) is 10.6 Å². The molecule has 2 aliphatic rings. The predicted octanol–water partition coefficient (Wildman–Crippen LogP) is 1.94. The Labute approximate surface area is 112 Å². The van der Waals surface area contributed by atoms with Crippen molar-refractivity contribution in [3.8, 4) is 0 Å². The highest BCUT2D eigenvalue weighted by molar-refractivity contribution is 5.82. The van der Waals surface area contributed by atoms with Gasteiger partial charge in [-0.05, 0) is 49.3 Å². The fourth-order valence-corrected chi connectivity index (χ4v) is 3.00. The molecule has 1 aromatic carbocycles. The average molecular weight is 262 g/mol. The van der Waals surface area contributed by atoms with Gasteiger partial charge in [-0.3, -0.25) is 4.79 Å². The molecule has 1 saturated heterocycles. The van der Waals surface area contributed by atoms with E-state index in [1.54, 1.807) is 12.1 Å². The van der Waals surface area contributed by atoms with Gasteiger partial charge in [0.25, 0.3) is 0 Å². The largest absolute Gasteiger partial charge is 0.355 e. The van der Waals surface area contributed by atoms with E-state index in [2.05, 4.69) is 10.6 Å². The molecule has 4 heteroatoms. The molecule has 1 aromatic rings. The lowest BCUT2D eigenvalue weighted by Gasteiger charge is -2.39. The topological polar surface area (TPSA) is 41.1 Å². The predicted molar refractivity (Wildman–Crippen MR) is 71.3 cm³/mol. The van der Waals surface area contributed by atoms with Crippen LogP contribution in [-0.4, -0.2) is 24.5 Å². The molecule has 102 valence electrons. The minimum atomic E-state index is -0.166. The number of piperidine rings is 1. The summed E-state index contributed by atoms with van der Waals surface area (Å²) in [6.45, 7) is 0.799. The molecule has 3 rings (SSSR count). The van der Waals surface area contributed by atoms with Crippen LogP contribution >= 0.6 is 0 Å². The van der Waals surface area contributed by atoms with Crippen LogP contribution in [0.4, 0.5) is 4.39 Å². The fourth-order valence-electron chi connectivity index (χ4n) is 3.00. The molecule has 1 aliphatic carbocycles. The van der Waals surface area contributed by atoms with Crippen molar-refractivity contribution >= 4 is 5.91 Å². The molecule has 1 atom stereocenters. The zero-order chi connectivity index (χ0) is 13.2. The quantitative estimate of drug-likeness (QED) is 0.874. The number of halogens is 1. The van der Waals surface area contributed by atoms with Crippen molar-refractivity contribution in [1.29, 1.82) is 0 Å². The van der Waals surface area contributed by atoms with Crippen LogP contribution in [0.3, 0.4) is 0 Å². The molecule has 1 heterocycles. The Bertz CT molecular complexity index is 471. The van der Waals surface area contributed by atoms with Gasteiger partial charge >= 0.3 is 0 Å². The van der Waals surface area contributed by atoms with Gasteiger partial charge < -0.3 is 10.6 Å². The van der Waals surface area contributed by atoms with Crippen molar-refractivity contribution in [3.05, 3.63) is 35.6 Å². The van der Waals surface area contributed by atoms with Crippen molar-refractivity contribution in [2.75, 3.05) is 6.54 Å². The van der Waals surface area contributed by atoms with Gasteiger partial charge in [0.2, 0.25) is 5.91 Å². The summed E-state index contributed by atoms with van der Waals surface area (Å²) in [6, 6.07) is 7.20. The van der Waals surface area contributed by atoms with Crippen LogP contribution in [0.1, 0.15) is 37.2 Å². The second-order valence-corrected chi connectivity index (χ2v) is 5.57. The Morgan fingerprint density at radius 1 is 1.32 bits per heavy atom. The van der Waals surface area contributed by atoms with E-state index in [4.69, 9.17) is 0 Å². The van der Waals surface area contributed by atoms with Gasteiger partial charge in [0.15, 0.2) is 0 Å². The summed E-state index contributed by atoms with van der Waals surface area (Å²) in [5, 5.41) is 6.30. The summed E-state index contributed by atoms with van der Waals surface area (Å²) < 4.78 is 13.1. The lowest BCUT2D eigenvalue weighted by atomic mass is 9.75. The number of amides is 1. The molecule has 2 N–H and O–H groups in total. The third kappa shape index (κ3) is 2.78. The minimum Gasteiger partial charge on any atom is -0.355 e. The summed E-state index contributed by atoms with van der Waals surface area (Å²) in [6.07, 6.45) is 3.96. The number of carbonyl (C=O) groups is 1. The van der Waals surface area contributed by atoms with Gasteiger partial charge in [0.05, 0.1) is 6.04 Å². The van der Waals surface area contributed by atoms with E-state index in [0.29, 0.717) is 12.0 Å². The van der Waals surface area contributed by atoms with Crippen molar-refractivity contribution in [2.45, 2.75) is 43.7 Å². The second kappa shape index (κ2) is 5.29. The zero-order valence-corrected chi connectivity index (χ0v) is 10.9. The molecule has 1 amide bonds. The van der Waals surface area contributed by atoms with Crippen molar-refractivity contribution in [3.63, 3.8) is 0 Å². The zero-order valence-electron chi connectivity index (χ0n) is 10.9. The Kier molecular flexibility index (Phi) is 3.51. The highest BCUT2D eigenvalue weighted by atomic mass is 19.1. The van der Waals surface area contributed by atoms with Gasteiger partial charge in [0, 0.05) is 12.6 Å². The number of hydrogen-bond acceptors (Lipinski definition) is 2. The van der Waals surface area contributed by atoms with Crippen LogP contribution in [0.5, 0.6) is 0 Å². The number of carbonyl (C=O) groups excluding carboxylic acids is 1. The molecule has 1 saturated carbocycles. The summed E-state index contributed by atoms with van der Waals surface area (Å²) in [7, 11) is 0. The Hall–Kier alpha value is -1.42. The normalized spacial score (nSPS) is 30.6. The van der Waals surface area contributed by atoms with Crippen molar-refractivity contribution < 1.29 is 9.18 Å². The third-order valence-corrected chi connectivity index (χ3v) is 4.18. The first-order chi connectivity index (χ1) is 9.22. The number of rotatable bonds is 3. The maximum Gasteiger partial charge on any atom is 0.237 e. The first-order valence-corrected chi connectivity index (χ1v) is 7.01. The van der Waals surface area contributed by atoms with Gasteiger partial charge in [-0.1, -0.05) is 12.1 Å². The summed E-state index contributed by atoms with van der Waals surface area (Å²) in [4.78, 5) is 11.6. The number of hydrogen-bond donors (Lipinski definition) is 2. The molecule has 0 aromatic heterocycles. The fraction of sp³-hybridized carbons (Fsp3) is 0.533. The molecular weight excluding hydrogens is 243 g/mol. The van der Waals surface area contributed by atoms with Gasteiger partial charge in [-0.15, -0.1) is 0 Å². The van der Waals surface area contributed by atoms with Gasteiger partial charge in [-0.2, -0.15) is 0 Å². The minimum absolute atomic E-state index is 0.0350. The Morgan fingerprint density at radius 2 is 2.16 bits per heavy atom. The van der Waals surface area contributed by atoms with E-state index in [-0.39, 0.29) is 17.8 Å². The van der Waals surface area contributed by atoms with Crippen molar-refractivity contribution in [2.24, 2.45) is 0 Å². The third-order valence-electron chi connectivity index (χ3n) is 4.18. The first-order valence-electron chi connectivity index (χ1n) is 7.01.